The van der Waals surface area contributed by atoms with Crippen LogP contribution in [0.3, 0.4) is 0 Å². The van der Waals surface area contributed by atoms with Gasteiger partial charge in [-0.1, -0.05) is 0 Å². The predicted molar refractivity (Wildman–Crippen MR) is 77.2 cm³/mol. The highest BCUT2D eigenvalue weighted by Gasteiger charge is 2.07. The molecule has 0 aliphatic rings. The first-order chi connectivity index (χ1) is 9.74. The summed E-state index contributed by atoms with van der Waals surface area (Å²) in [5.41, 5.74) is 0.982. The van der Waals surface area contributed by atoms with Gasteiger partial charge in [0.1, 0.15) is 30.3 Å². The van der Waals surface area contributed by atoms with Gasteiger partial charge >= 0.3 is 0 Å². The molecule has 1 aromatic carbocycles. The third kappa shape index (κ3) is 3.14. The zero-order chi connectivity index (χ0) is 14.4. The van der Waals surface area contributed by atoms with Crippen LogP contribution in [0.1, 0.15) is 0 Å². The summed E-state index contributed by atoms with van der Waals surface area (Å²) >= 11 is 0. The van der Waals surface area contributed by atoms with E-state index in [1.54, 1.807) is 13.2 Å². The van der Waals surface area contributed by atoms with Crippen LogP contribution in [0.2, 0.25) is 0 Å². The van der Waals surface area contributed by atoms with Gasteiger partial charge in [0.05, 0.1) is 13.2 Å². The van der Waals surface area contributed by atoms with Crippen LogP contribution in [0.4, 0.5) is 17.3 Å². The summed E-state index contributed by atoms with van der Waals surface area (Å²) in [6.07, 6.45) is 1.47. The number of hydrogen-bond acceptors (Lipinski definition) is 6. The van der Waals surface area contributed by atoms with E-state index in [1.165, 1.54) is 6.33 Å². The molecule has 1 aromatic heterocycles. The van der Waals surface area contributed by atoms with Gasteiger partial charge in [-0.05, 0) is 24.3 Å². The monoisotopic (exact) mass is 269 g/mol. The maximum absolute atomic E-state index is 8.56. The van der Waals surface area contributed by atoms with Crippen LogP contribution in [0, 0.1) is 11.3 Å². The van der Waals surface area contributed by atoms with Gasteiger partial charge in [0.25, 0.3) is 0 Å². The van der Waals surface area contributed by atoms with Crippen molar-refractivity contribution >= 4 is 17.3 Å². The summed E-state index contributed by atoms with van der Waals surface area (Å²) in [7, 11) is 3.55. The number of nitriles is 1. The zero-order valence-corrected chi connectivity index (χ0v) is 11.4. The second-order valence-electron chi connectivity index (χ2n) is 4.03. The molecule has 2 aromatic rings. The molecule has 0 amide bonds. The lowest BCUT2D eigenvalue weighted by Crippen LogP contribution is -2.12. The second kappa shape index (κ2) is 6.38. The van der Waals surface area contributed by atoms with Crippen molar-refractivity contribution in [2.45, 2.75) is 0 Å². The average Bonchev–Trinajstić information content (AvgIpc) is 2.52. The Kier molecular flexibility index (Phi) is 4.35. The van der Waals surface area contributed by atoms with Crippen molar-refractivity contribution in [2.75, 3.05) is 30.9 Å². The van der Waals surface area contributed by atoms with E-state index < -0.39 is 0 Å². The molecule has 2 rings (SSSR count). The Bertz CT molecular complexity index is 606. The van der Waals surface area contributed by atoms with Crippen LogP contribution in [0.5, 0.6) is 5.75 Å². The second-order valence-corrected chi connectivity index (χ2v) is 4.03. The van der Waals surface area contributed by atoms with E-state index in [1.807, 2.05) is 42.3 Å². The lowest BCUT2D eigenvalue weighted by Gasteiger charge is -2.18. The molecule has 0 radical (unpaired) electrons. The number of ether oxygens (including phenoxy) is 1. The van der Waals surface area contributed by atoms with Crippen molar-refractivity contribution in [1.82, 2.24) is 9.97 Å². The summed E-state index contributed by atoms with van der Waals surface area (Å²) in [5.74, 6) is 2.17. The molecule has 0 spiro atoms. The molecule has 0 aliphatic heterocycles. The van der Waals surface area contributed by atoms with E-state index in [-0.39, 0.29) is 6.54 Å². The van der Waals surface area contributed by atoms with Crippen molar-refractivity contribution in [1.29, 1.82) is 5.26 Å². The number of benzene rings is 1. The minimum atomic E-state index is 0.211. The largest absolute Gasteiger partial charge is 0.497 e. The first kappa shape index (κ1) is 13.6. The number of anilines is 3. The molecule has 0 bridgehead atoms. The summed E-state index contributed by atoms with van der Waals surface area (Å²) in [6, 6.07) is 11.5. The third-order valence-electron chi connectivity index (χ3n) is 2.80. The van der Waals surface area contributed by atoms with Crippen LogP contribution < -0.4 is 15.0 Å². The molecule has 1 N–H and O–H groups in total. The van der Waals surface area contributed by atoms with Gasteiger partial charge < -0.3 is 15.0 Å². The fourth-order valence-corrected chi connectivity index (χ4v) is 1.70. The number of nitrogens with zero attached hydrogens (tertiary/aromatic N) is 4. The van der Waals surface area contributed by atoms with E-state index in [2.05, 4.69) is 15.3 Å². The number of hydrogen-bond donors (Lipinski definition) is 1. The number of nitrogens with one attached hydrogen (secondary N) is 1. The minimum absolute atomic E-state index is 0.211. The molecule has 0 fully saturated rings. The number of methoxy groups -OCH3 is 1. The number of aromatic nitrogens is 2. The van der Waals surface area contributed by atoms with Crippen molar-refractivity contribution in [2.24, 2.45) is 0 Å². The molecule has 1 heterocycles. The lowest BCUT2D eigenvalue weighted by molar-refractivity contribution is 0.415. The lowest BCUT2D eigenvalue weighted by atomic mass is 10.3. The highest BCUT2D eigenvalue weighted by molar-refractivity contribution is 5.62. The molecule has 0 saturated heterocycles. The number of rotatable bonds is 5. The summed E-state index contributed by atoms with van der Waals surface area (Å²) in [5, 5.41) is 11.5. The van der Waals surface area contributed by atoms with Gasteiger partial charge in [-0.15, -0.1) is 0 Å². The molecular weight excluding hydrogens is 254 g/mol. The highest BCUT2D eigenvalue weighted by Crippen LogP contribution is 2.24. The quantitative estimate of drug-likeness (QED) is 0.839. The molecule has 6 heteroatoms. The maximum atomic E-state index is 8.56. The van der Waals surface area contributed by atoms with Gasteiger partial charge in [0, 0.05) is 18.8 Å². The van der Waals surface area contributed by atoms with Crippen LogP contribution >= 0.6 is 0 Å². The van der Waals surface area contributed by atoms with Crippen molar-refractivity contribution in [3.63, 3.8) is 0 Å². The summed E-state index contributed by atoms with van der Waals surface area (Å²) in [4.78, 5) is 10.2. The smallest absolute Gasteiger partial charge is 0.138 e. The standard InChI is InChI=1S/C14H15N5O/c1-19(11-3-5-12(20-2)6-4-11)14-9-13(16-8-7-15)17-10-18-14/h3-6,9-10H,8H2,1-2H3,(H,16,17,18). The topological polar surface area (TPSA) is 74.1 Å². The fraction of sp³-hybridized carbons (Fsp3) is 0.214. The summed E-state index contributed by atoms with van der Waals surface area (Å²) < 4.78 is 5.13. The maximum Gasteiger partial charge on any atom is 0.138 e. The van der Waals surface area contributed by atoms with Crippen molar-refractivity contribution < 1.29 is 4.74 Å². The van der Waals surface area contributed by atoms with Crippen LogP contribution in [0.15, 0.2) is 36.7 Å². The normalized spacial score (nSPS) is 9.65. The summed E-state index contributed by atoms with van der Waals surface area (Å²) in [6.45, 7) is 0.211. The van der Waals surface area contributed by atoms with Crippen LogP contribution in [0.25, 0.3) is 0 Å². The Morgan fingerprint density at radius 1 is 1.30 bits per heavy atom. The first-order valence-electron chi connectivity index (χ1n) is 6.05. The molecule has 0 atom stereocenters. The Morgan fingerprint density at radius 3 is 2.70 bits per heavy atom. The van der Waals surface area contributed by atoms with E-state index in [9.17, 15) is 0 Å². The van der Waals surface area contributed by atoms with Gasteiger partial charge in [-0.3, -0.25) is 0 Å². The SMILES string of the molecule is COc1ccc(N(C)c2cc(NCC#N)ncn2)cc1. The Hall–Kier alpha value is -2.81. The van der Waals surface area contributed by atoms with Crippen molar-refractivity contribution in [3.05, 3.63) is 36.7 Å². The van der Waals surface area contributed by atoms with E-state index >= 15 is 0 Å². The molecular formula is C14H15N5O. The van der Waals surface area contributed by atoms with Gasteiger partial charge in [-0.25, -0.2) is 9.97 Å². The molecule has 6 nitrogen and oxygen atoms in total. The minimum Gasteiger partial charge on any atom is -0.497 e. The Morgan fingerprint density at radius 2 is 2.05 bits per heavy atom. The van der Waals surface area contributed by atoms with Crippen molar-refractivity contribution in [3.8, 4) is 11.8 Å². The Labute approximate surface area is 117 Å². The van der Waals surface area contributed by atoms with Crippen LogP contribution in [-0.2, 0) is 0 Å². The molecule has 102 valence electrons. The van der Waals surface area contributed by atoms with Gasteiger partial charge in [0.2, 0.25) is 0 Å². The first-order valence-corrected chi connectivity index (χ1v) is 6.05. The average molecular weight is 269 g/mol. The van der Waals surface area contributed by atoms with E-state index in [4.69, 9.17) is 10.00 Å². The fourth-order valence-electron chi connectivity index (χ4n) is 1.70. The van der Waals surface area contributed by atoms with E-state index in [0.29, 0.717) is 5.82 Å². The van der Waals surface area contributed by atoms with Gasteiger partial charge in [-0.2, -0.15) is 5.26 Å². The Balaban J connectivity index is 2.19. The highest BCUT2D eigenvalue weighted by atomic mass is 16.5. The van der Waals surface area contributed by atoms with Gasteiger partial charge in [0.15, 0.2) is 0 Å². The molecule has 20 heavy (non-hydrogen) atoms. The van der Waals surface area contributed by atoms with E-state index in [0.717, 1.165) is 17.3 Å². The zero-order valence-electron chi connectivity index (χ0n) is 11.4. The van der Waals surface area contributed by atoms with Crippen LogP contribution in [-0.4, -0.2) is 30.7 Å². The molecule has 0 saturated carbocycles. The molecule has 0 unspecified atom stereocenters. The third-order valence-corrected chi connectivity index (χ3v) is 2.80. The molecule has 0 aliphatic carbocycles. The predicted octanol–water partition coefficient (Wildman–Crippen LogP) is 2.19.